The second-order valence-corrected chi connectivity index (χ2v) is 9.21. The van der Waals surface area contributed by atoms with Crippen LogP contribution in [0.4, 0.5) is 0 Å². The van der Waals surface area contributed by atoms with Gasteiger partial charge in [-0.25, -0.2) is 0 Å². The predicted octanol–water partition coefficient (Wildman–Crippen LogP) is 5.47. The largest absolute Gasteiger partial charge is 0.387 e. The predicted molar refractivity (Wildman–Crippen MR) is 113 cm³/mol. The standard InChI is InChI=1S/C24H30N2.ClH/c1-15(16-6-7-16)18-10-11-20-21-14-25-13-12-23(21)26-22-5-3-2-4-17(22)8-9-19(18)24(20)26;/h2,4,8,12,14-16,18,20,22,25H,3,5-7,9-11,13H2,1H3;1H. The van der Waals surface area contributed by atoms with Crippen LogP contribution in [0.2, 0.25) is 0 Å². The molecule has 0 aromatic carbocycles. The quantitative estimate of drug-likeness (QED) is 0.681. The van der Waals surface area contributed by atoms with Gasteiger partial charge in [0.1, 0.15) is 0 Å². The molecule has 27 heavy (non-hydrogen) atoms. The van der Waals surface area contributed by atoms with E-state index < -0.39 is 0 Å². The van der Waals surface area contributed by atoms with E-state index in [0.717, 1.165) is 24.3 Å². The third-order valence-electron chi connectivity index (χ3n) is 7.91. The molecule has 1 saturated heterocycles. The highest BCUT2D eigenvalue weighted by Crippen LogP contribution is 2.57. The van der Waals surface area contributed by atoms with Crippen LogP contribution in [-0.2, 0) is 0 Å². The fourth-order valence-corrected chi connectivity index (χ4v) is 6.44. The SMILES string of the molecule is CC(C1CC1)C1CCC2C3=CNCC=C3N3C2=C1CC=C1C=CCCC13.Cl. The molecule has 0 amide bonds. The Morgan fingerprint density at radius 2 is 2.00 bits per heavy atom. The molecule has 0 spiro atoms. The van der Waals surface area contributed by atoms with Crippen LogP contribution >= 0.6 is 12.4 Å². The number of hydrogen-bond donors (Lipinski definition) is 1. The molecule has 3 heteroatoms. The Bertz CT molecular complexity index is 795. The van der Waals surface area contributed by atoms with Gasteiger partial charge in [0.05, 0.1) is 6.04 Å². The van der Waals surface area contributed by atoms with Gasteiger partial charge in [-0.05, 0) is 79.9 Å². The summed E-state index contributed by atoms with van der Waals surface area (Å²) >= 11 is 0. The monoisotopic (exact) mass is 382 g/mol. The maximum atomic E-state index is 3.50. The van der Waals surface area contributed by atoms with E-state index in [1.807, 2.05) is 0 Å². The lowest BCUT2D eigenvalue weighted by atomic mass is 9.71. The molecule has 4 unspecified atom stereocenters. The molecule has 1 N–H and O–H groups in total. The average molecular weight is 383 g/mol. The highest BCUT2D eigenvalue weighted by Gasteiger charge is 2.48. The van der Waals surface area contributed by atoms with E-state index >= 15 is 0 Å². The molecule has 2 nitrogen and oxygen atoms in total. The Morgan fingerprint density at radius 3 is 2.85 bits per heavy atom. The van der Waals surface area contributed by atoms with Crippen LogP contribution in [0.5, 0.6) is 0 Å². The summed E-state index contributed by atoms with van der Waals surface area (Å²) in [4.78, 5) is 2.81. The first-order valence-corrected chi connectivity index (χ1v) is 10.9. The first-order chi connectivity index (χ1) is 12.8. The van der Waals surface area contributed by atoms with Crippen molar-refractivity contribution < 1.29 is 0 Å². The molecule has 0 aromatic rings. The molecule has 0 radical (unpaired) electrons. The molecule has 4 atom stereocenters. The lowest BCUT2D eigenvalue weighted by Gasteiger charge is -2.39. The molecule has 6 aliphatic rings. The van der Waals surface area contributed by atoms with Gasteiger partial charge in [-0.15, -0.1) is 12.4 Å². The van der Waals surface area contributed by atoms with Gasteiger partial charge in [0.25, 0.3) is 0 Å². The van der Waals surface area contributed by atoms with Crippen molar-refractivity contribution in [1.29, 1.82) is 0 Å². The van der Waals surface area contributed by atoms with Gasteiger partial charge in [0.15, 0.2) is 0 Å². The molecule has 1 saturated carbocycles. The van der Waals surface area contributed by atoms with Gasteiger partial charge in [-0.1, -0.05) is 25.2 Å². The van der Waals surface area contributed by atoms with Crippen LogP contribution < -0.4 is 5.32 Å². The lowest BCUT2D eigenvalue weighted by molar-refractivity contribution is 0.274. The van der Waals surface area contributed by atoms with Crippen LogP contribution in [0.1, 0.15) is 51.9 Å². The van der Waals surface area contributed by atoms with Crippen LogP contribution in [0.15, 0.2) is 58.6 Å². The molecular formula is C24H31ClN2. The van der Waals surface area contributed by atoms with E-state index in [-0.39, 0.29) is 12.4 Å². The van der Waals surface area contributed by atoms with E-state index in [1.165, 1.54) is 50.6 Å². The van der Waals surface area contributed by atoms with Crippen molar-refractivity contribution in [2.45, 2.75) is 57.9 Å². The highest BCUT2D eigenvalue weighted by molar-refractivity contribution is 5.85. The van der Waals surface area contributed by atoms with Gasteiger partial charge in [0.2, 0.25) is 0 Å². The van der Waals surface area contributed by atoms with E-state index in [0.29, 0.717) is 12.0 Å². The Hall–Kier alpha value is -1.41. The fraction of sp³-hybridized carbons (Fsp3) is 0.583. The molecule has 6 rings (SSSR count). The molecule has 3 aliphatic carbocycles. The van der Waals surface area contributed by atoms with E-state index in [2.05, 4.69) is 47.6 Å². The Morgan fingerprint density at radius 1 is 1.11 bits per heavy atom. The van der Waals surface area contributed by atoms with Crippen LogP contribution in [-0.4, -0.2) is 17.5 Å². The summed E-state index contributed by atoms with van der Waals surface area (Å²) in [6.07, 6.45) is 21.6. The summed E-state index contributed by atoms with van der Waals surface area (Å²) in [5, 5.41) is 3.50. The summed E-state index contributed by atoms with van der Waals surface area (Å²) in [7, 11) is 0. The van der Waals surface area contributed by atoms with Crippen LogP contribution in [0, 0.1) is 23.7 Å². The lowest BCUT2D eigenvalue weighted by Crippen LogP contribution is -2.35. The maximum absolute atomic E-state index is 3.50. The summed E-state index contributed by atoms with van der Waals surface area (Å²) in [5.74, 6) is 3.33. The topological polar surface area (TPSA) is 15.3 Å². The number of allylic oxidation sites excluding steroid dienone is 5. The second-order valence-electron chi connectivity index (χ2n) is 9.21. The minimum Gasteiger partial charge on any atom is -0.387 e. The van der Waals surface area contributed by atoms with Gasteiger partial charge in [-0.2, -0.15) is 0 Å². The number of fused-ring (bicyclic) bond motifs is 5. The smallest absolute Gasteiger partial charge is 0.0588 e. The summed E-state index contributed by atoms with van der Waals surface area (Å²) in [6, 6.07) is 0.570. The Balaban J connectivity index is 0.00000160. The highest BCUT2D eigenvalue weighted by atomic mass is 35.5. The first-order valence-electron chi connectivity index (χ1n) is 10.9. The Kier molecular flexibility index (Phi) is 4.31. The molecule has 0 bridgehead atoms. The molecule has 3 heterocycles. The van der Waals surface area contributed by atoms with E-state index in [9.17, 15) is 0 Å². The van der Waals surface area contributed by atoms with Crippen LogP contribution in [0.25, 0.3) is 0 Å². The van der Waals surface area contributed by atoms with Gasteiger partial charge in [-0.3, -0.25) is 0 Å². The molecule has 3 aliphatic heterocycles. The number of rotatable bonds is 2. The first kappa shape index (κ1) is 17.7. The average Bonchev–Trinajstić information content (AvgIpc) is 3.49. The third kappa shape index (κ3) is 2.59. The normalized spacial score (nSPS) is 34.8. The van der Waals surface area contributed by atoms with E-state index in [1.54, 1.807) is 22.4 Å². The molecule has 144 valence electrons. The zero-order chi connectivity index (χ0) is 17.3. The van der Waals surface area contributed by atoms with Gasteiger partial charge in [0, 0.05) is 35.6 Å². The third-order valence-corrected chi connectivity index (χ3v) is 7.91. The van der Waals surface area contributed by atoms with Crippen molar-refractivity contribution >= 4 is 12.4 Å². The molecule has 0 aromatic heterocycles. The number of hydrogen-bond acceptors (Lipinski definition) is 2. The summed E-state index contributed by atoms with van der Waals surface area (Å²) < 4.78 is 0. The van der Waals surface area contributed by atoms with Gasteiger partial charge < -0.3 is 10.2 Å². The zero-order valence-corrected chi connectivity index (χ0v) is 17.1. The fourth-order valence-electron chi connectivity index (χ4n) is 6.44. The van der Waals surface area contributed by atoms with Crippen molar-refractivity contribution in [3.05, 3.63) is 58.6 Å². The van der Waals surface area contributed by atoms with Crippen molar-refractivity contribution in [2.24, 2.45) is 23.7 Å². The van der Waals surface area contributed by atoms with Crippen molar-refractivity contribution in [3.8, 4) is 0 Å². The second kappa shape index (κ2) is 6.58. The molecular weight excluding hydrogens is 352 g/mol. The summed E-state index contributed by atoms with van der Waals surface area (Å²) in [5.41, 5.74) is 8.21. The number of dihydropyridines is 1. The number of halogens is 1. The van der Waals surface area contributed by atoms with E-state index in [4.69, 9.17) is 0 Å². The van der Waals surface area contributed by atoms with Crippen LogP contribution in [0.3, 0.4) is 0 Å². The summed E-state index contributed by atoms with van der Waals surface area (Å²) in [6.45, 7) is 3.53. The van der Waals surface area contributed by atoms with Crippen molar-refractivity contribution in [2.75, 3.05) is 6.54 Å². The minimum absolute atomic E-state index is 0. The minimum atomic E-state index is 0. The Labute approximate surface area is 169 Å². The molecule has 2 fully saturated rings. The number of nitrogens with zero attached hydrogens (tertiary/aromatic N) is 1. The zero-order valence-electron chi connectivity index (χ0n) is 16.3. The van der Waals surface area contributed by atoms with Crippen molar-refractivity contribution in [1.82, 2.24) is 10.2 Å². The number of nitrogens with one attached hydrogen (secondary N) is 1. The van der Waals surface area contributed by atoms with Gasteiger partial charge >= 0.3 is 0 Å². The maximum Gasteiger partial charge on any atom is 0.0588 e. The van der Waals surface area contributed by atoms with Crippen molar-refractivity contribution in [3.63, 3.8) is 0 Å².